The zero-order chi connectivity index (χ0) is 8.43. The van der Waals surface area contributed by atoms with Crippen molar-refractivity contribution in [3.8, 4) is 12.1 Å². The van der Waals surface area contributed by atoms with Crippen molar-refractivity contribution < 1.29 is 0 Å². The van der Waals surface area contributed by atoms with Gasteiger partial charge in [-0.2, -0.15) is 10.5 Å². The smallest absolute Gasteiger partial charge is 0.204 e. The Labute approximate surface area is 68.3 Å². The van der Waals surface area contributed by atoms with Crippen LogP contribution in [0.5, 0.6) is 0 Å². The minimum Gasteiger partial charge on any atom is -0.308 e. The fourth-order valence-electron chi connectivity index (χ4n) is 0.677. The highest BCUT2D eigenvalue weighted by molar-refractivity contribution is 6.28. The summed E-state index contributed by atoms with van der Waals surface area (Å²) in [5.41, 5.74) is 0.262. The Bertz CT molecular complexity index is 365. The van der Waals surface area contributed by atoms with Crippen molar-refractivity contribution in [2.75, 3.05) is 0 Å². The molecule has 0 aliphatic rings. The van der Waals surface area contributed by atoms with Gasteiger partial charge in [0.05, 0.1) is 0 Å². The molecule has 0 unspecified atom stereocenters. The van der Waals surface area contributed by atoms with E-state index in [1.165, 1.54) is 4.57 Å². The van der Waals surface area contributed by atoms with Crippen LogP contribution in [0.2, 0.25) is 5.28 Å². The lowest BCUT2D eigenvalue weighted by atomic mass is 10.4. The van der Waals surface area contributed by atoms with Crippen LogP contribution in [0.4, 0.5) is 0 Å². The number of aromatic nitrogens is 2. The zero-order valence-electron chi connectivity index (χ0n) is 5.67. The fraction of sp³-hybridized carbons (Fsp3) is 0.167. The molecular weight excluding hydrogens is 164 g/mol. The van der Waals surface area contributed by atoms with E-state index < -0.39 is 0 Å². The first kappa shape index (κ1) is 7.59. The number of nitriles is 2. The van der Waals surface area contributed by atoms with Gasteiger partial charge < -0.3 is 4.57 Å². The summed E-state index contributed by atoms with van der Waals surface area (Å²) < 4.78 is 1.36. The molecular formula is C6H3ClN4. The van der Waals surface area contributed by atoms with Gasteiger partial charge in [-0.05, 0) is 11.6 Å². The molecule has 1 heterocycles. The maximum Gasteiger partial charge on any atom is 0.204 e. The Kier molecular flexibility index (Phi) is 1.80. The highest BCUT2D eigenvalue weighted by Gasteiger charge is 2.11. The van der Waals surface area contributed by atoms with Gasteiger partial charge in [0, 0.05) is 7.05 Å². The number of hydrogen-bond donors (Lipinski definition) is 0. The van der Waals surface area contributed by atoms with Crippen LogP contribution in [0, 0.1) is 22.7 Å². The van der Waals surface area contributed by atoms with Crippen molar-refractivity contribution in [3.63, 3.8) is 0 Å². The third-order valence-electron chi connectivity index (χ3n) is 1.25. The van der Waals surface area contributed by atoms with Crippen molar-refractivity contribution in [2.45, 2.75) is 0 Å². The first-order valence-electron chi connectivity index (χ1n) is 2.73. The monoisotopic (exact) mass is 166 g/mol. The SMILES string of the molecule is Cn1c(Cl)nc(C#N)c1C#N. The van der Waals surface area contributed by atoms with Gasteiger partial charge in [-0.15, -0.1) is 0 Å². The lowest BCUT2D eigenvalue weighted by molar-refractivity contribution is 0.897. The van der Waals surface area contributed by atoms with E-state index in [0.717, 1.165) is 0 Å². The summed E-state index contributed by atoms with van der Waals surface area (Å²) in [6.07, 6.45) is 0. The zero-order valence-corrected chi connectivity index (χ0v) is 6.42. The van der Waals surface area contributed by atoms with E-state index in [0.29, 0.717) is 0 Å². The molecule has 0 bridgehead atoms. The van der Waals surface area contributed by atoms with Gasteiger partial charge in [0.2, 0.25) is 5.28 Å². The predicted molar refractivity (Wildman–Crippen MR) is 37.6 cm³/mol. The van der Waals surface area contributed by atoms with Gasteiger partial charge in [-0.1, -0.05) is 0 Å². The second-order valence-electron chi connectivity index (χ2n) is 1.86. The topological polar surface area (TPSA) is 65.4 Å². The van der Waals surface area contributed by atoms with Gasteiger partial charge in [-0.25, -0.2) is 4.98 Å². The first-order chi connectivity index (χ1) is 5.20. The van der Waals surface area contributed by atoms with Crippen LogP contribution in [-0.4, -0.2) is 9.55 Å². The van der Waals surface area contributed by atoms with E-state index in [1.807, 2.05) is 6.07 Å². The standard InChI is InChI=1S/C6H3ClN4/c1-11-5(3-9)4(2-8)10-6(11)7/h1H3. The molecule has 0 saturated carbocycles. The van der Waals surface area contributed by atoms with E-state index in [1.54, 1.807) is 13.1 Å². The first-order valence-corrected chi connectivity index (χ1v) is 3.11. The van der Waals surface area contributed by atoms with E-state index in [-0.39, 0.29) is 16.7 Å². The Morgan fingerprint density at radius 2 is 2.09 bits per heavy atom. The summed E-state index contributed by atoms with van der Waals surface area (Å²) in [5, 5.41) is 17.1. The molecule has 0 radical (unpaired) electrons. The van der Waals surface area contributed by atoms with Crippen LogP contribution in [-0.2, 0) is 7.05 Å². The summed E-state index contributed by atoms with van der Waals surface area (Å²) in [5.74, 6) is 0. The Morgan fingerprint density at radius 1 is 1.45 bits per heavy atom. The molecule has 0 aliphatic heterocycles. The molecule has 1 aromatic heterocycles. The second-order valence-corrected chi connectivity index (χ2v) is 2.20. The molecule has 5 heteroatoms. The van der Waals surface area contributed by atoms with Crippen LogP contribution in [0.3, 0.4) is 0 Å². The second kappa shape index (κ2) is 2.61. The fourth-order valence-corrected chi connectivity index (χ4v) is 0.846. The third-order valence-corrected chi connectivity index (χ3v) is 1.59. The highest BCUT2D eigenvalue weighted by Crippen LogP contribution is 2.11. The number of halogens is 1. The third kappa shape index (κ3) is 1.04. The minimum atomic E-state index is 0.0694. The maximum absolute atomic E-state index is 8.52. The predicted octanol–water partition coefficient (Wildman–Crippen LogP) is 0.817. The lowest BCUT2D eigenvalue weighted by Gasteiger charge is -1.89. The van der Waals surface area contributed by atoms with Crippen molar-refractivity contribution >= 4 is 11.6 Å². The molecule has 1 aromatic rings. The molecule has 1 rings (SSSR count). The van der Waals surface area contributed by atoms with Gasteiger partial charge in [0.25, 0.3) is 0 Å². The Hall–Kier alpha value is -1.52. The average molecular weight is 167 g/mol. The molecule has 0 spiro atoms. The summed E-state index contributed by atoms with van der Waals surface area (Å²) in [4.78, 5) is 3.64. The number of imidazole rings is 1. The van der Waals surface area contributed by atoms with Gasteiger partial charge in [0.1, 0.15) is 12.1 Å². The molecule has 0 fully saturated rings. The van der Waals surface area contributed by atoms with Crippen molar-refractivity contribution in [1.29, 1.82) is 10.5 Å². The summed E-state index contributed by atoms with van der Waals surface area (Å²) in [7, 11) is 1.58. The van der Waals surface area contributed by atoms with E-state index in [4.69, 9.17) is 22.1 Å². The molecule has 54 valence electrons. The van der Waals surface area contributed by atoms with E-state index >= 15 is 0 Å². The Morgan fingerprint density at radius 3 is 2.45 bits per heavy atom. The molecule has 0 saturated heterocycles. The van der Waals surface area contributed by atoms with Crippen molar-refractivity contribution in [3.05, 3.63) is 16.7 Å². The van der Waals surface area contributed by atoms with Crippen molar-refractivity contribution in [2.24, 2.45) is 7.05 Å². The van der Waals surface area contributed by atoms with Crippen LogP contribution < -0.4 is 0 Å². The highest BCUT2D eigenvalue weighted by atomic mass is 35.5. The maximum atomic E-state index is 8.52. The van der Waals surface area contributed by atoms with Crippen LogP contribution in [0.1, 0.15) is 11.4 Å². The molecule has 0 N–H and O–H groups in total. The molecule has 0 amide bonds. The minimum absolute atomic E-state index is 0.0694. The largest absolute Gasteiger partial charge is 0.308 e. The van der Waals surface area contributed by atoms with E-state index in [9.17, 15) is 0 Å². The number of rotatable bonds is 0. The molecule has 4 nitrogen and oxygen atoms in total. The van der Waals surface area contributed by atoms with Crippen LogP contribution in [0.15, 0.2) is 0 Å². The van der Waals surface area contributed by atoms with E-state index in [2.05, 4.69) is 4.98 Å². The number of hydrogen-bond acceptors (Lipinski definition) is 3. The molecule has 0 atom stereocenters. The molecule has 11 heavy (non-hydrogen) atoms. The van der Waals surface area contributed by atoms with Gasteiger partial charge in [-0.3, -0.25) is 0 Å². The summed E-state index contributed by atoms with van der Waals surface area (Å²) in [6.45, 7) is 0. The normalized spacial score (nSPS) is 8.73. The van der Waals surface area contributed by atoms with Crippen LogP contribution >= 0.6 is 11.6 Å². The average Bonchev–Trinajstić information content (AvgIpc) is 2.28. The Balaban J connectivity index is 3.45. The number of nitrogens with zero attached hydrogens (tertiary/aromatic N) is 4. The van der Waals surface area contributed by atoms with Crippen LogP contribution in [0.25, 0.3) is 0 Å². The summed E-state index contributed by atoms with van der Waals surface area (Å²) >= 11 is 5.54. The van der Waals surface area contributed by atoms with Crippen molar-refractivity contribution in [1.82, 2.24) is 9.55 Å². The lowest BCUT2D eigenvalue weighted by Crippen LogP contribution is -1.91. The van der Waals surface area contributed by atoms with Gasteiger partial charge in [0.15, 0.2) is 11.4 Å². The quantitative estimate of drug-likeness (QED) is 0.573. The van der Waals surface area contributed by atoms with Gasteiger partial charge >= 0.3 is 0 Å². The molecule has 0 aliphatic carbocycles. The molecule has 0 aromatic carbocycles. The summed E-state index contributed by atoms with van der Waals surface area (Å²) in [6, 6.07) is 3.60.